The number of fused-ring (bicyclic) bond motifs is 1. The van der Waals surface area contributed by atoms with Crippen LogP contribution in [0.2, 0.25) is 0 Å². The summed E-state index contributed by atoms with van der Waals surface area (Å²) in [6.07, 6.45) is 1.38. The van der Waals surface area contributed by atoms with Gasteiger partial charge in [0.1, 0.15) is 11.4 Å². The van der Waals surface area contributed by atoms with Crippen molar-refractivity contribution >= 4 is 12.0 Å². The highest BCUT2D eigenvalue weighted by molar-refractivity contribution is 5.94. The fourth-order valence-corrected chi connectivity index (χ4v) is 4.49. The Balaban J connectivity index is 1.33. The third-order valence-corrected chi connectivity index (χ3v) is 6.29. The van der Waals surface area contributed by atoms with Crippen LogP contribution in [-0.2, 0) is 22.6 Å². The monoisotopic (exact) mass is 480 g/mol. The van der Waals surface area contributed by atoms with Crippen LogP contribution in [0.1, 0.15) is 80.4 Å². The molecule has 2 aliphatic heterocycles. The smallest absolute Gasteiger partial charge is 0.407 e. The van der Waals surface area contributed by atoms with E-state index >= 15 is 0 Å². The minimum Gasteiger partial charge on any atom is -0.463 e. The Morgan fingerprint density at radius 2 is 1.86 bits per heavy atom. The number of ether oxygens (including phenoxy) is 3. The summed E-state index contributed by atoms with van der Waals surface area (Å²) in [6, 6.07) is 13.9. The van der Waals surface area contributed by atoms with Crippen molar-refractivity contribution in [3.63, 3.8) is 0 Å². The molecule has 1 fully saturated rings. The first kappa shape index (κ1) is 25.0. The summed E-state index contributed by atoms with van der Waals surface area (Å²) in [5.41, 5.74) is 3.36. The van der Waals surface area contributed by atoms with E-state index in [2.05, 4.69) is 17.4 Å². The number of benzene rings is 2. The van der Waals surface area contributed by atoms with E-state index in [4.69, 9.17) is 14.2 Å². The van der Waals surface area contributed by atoms with Crippen LogP contribution >= 0.6 is 0 Å². The average Bonchev–Trinajstić information content (AvgIpc) is 2.80. The number of alkyl carbamates (subject to hydrolysis) is 1. The first-order chi connectivity index (χ1) is 16.5. The van der Waals surface area contributed by atoms with Gasteiger partial charge in [0.05, 0.1) is 6.61 Å². The Kier molecular flexibility index (Phi) is 7.08. The minimum atomic E-state index is -0.690. The fraction of sp³-hybridized carbons (Fsp3) is 0.500. The molecule has 2 amide bonds. The third-order valence-electron chi connectivity index (χ3n) is 6.29. The zero-order valence-corrected chi connectivity index (χ0v) is 21.3. The molecule has 188 valence electrons. The summed E-state index contributed by atoms with van der Waals surface area (Å²) in [5.74, 6) is 0.447. The van der Waals surface area contributed by atoms with Crippen LogP contribution in [0.15, 0.2) is 42.5 Å². The SMILES string of the molecule is CC(C)(C)OC(=O)NCc1cccc(C2CCN(C(=O)c3ccc4c(c3)OC(C)(C)OC4)CC2)c1. The van der Waals surface area contributed by atoms with E-state index in [1.54, 1.807) is 0 Å². The standard InChI is InChI=1S/C28H36N2O5/c1-27(2,3)35-26(32)29-17-19-7-6-8-21(15-19)20-11-13-30(14-12-20)25(31)22-9-10-23-18-33-28(4,5)34-24(23)16-22/h6-10,15-16,20H,11-14,17-18H2,1-5H3,(H,29,32). The fourth-order valence-electron chi connectivity index (χ4n) is 4.49. The number of hydrogen-bond acceptors (Lipinski definition) is 5. The molecule has 7 heteroatoms. The van der Waals surface area contributed by atoms with Gasteiger partial charge in [-0.15, -0.1) is 0 Å². The van der Waals surface area contributed by atoms with Gasteiger partial charge in [0, 0.05) is 44.6 Å². The maximum absolute atomic E-state index is 13.2. The number of rotatable bonds is 4. The van der Waals surface area contributed by atoms with Gasteiger partial charge in [-0.2, -0.15) is 0 Å². The van der Waals surface area contributed by atoms with Gasteiger partial charge in [0.15, 0.2) is 0 Å². The molecule has 0 bridgehead atoms. The second-order valence-electron chi connectivity index (χ2n) is 10.8. The van der Waals surface area contributed by atoms with Crippen molar-refractivity contribution in [2.45, 2.75) is 77.9 Å². The normalized spacial score (nSPS) is 17.8. The topological polar surface area (TPSA) is 77.1 Å². The Morgan fingerprint density at radius 1 is 1.11 bits per heavy atom. The molecule has 4 rings (SSSR count). The molecule has 0 aliphatic carbocycles. The Bertz CT molecular complexity index is 1080. The minimum absolute atomic E-state index is 0.0365. The van der Waals surface area contributed by atoms with Gasteiger partial charge in [0.25, 0.3) is 5.91 Å². The highest BCUT2D eigenvalue weighted by atomic mass is 16.7. The van der Waals surface area contributed by atoms with Crippen LogP contribution in [0.3, 0.4) is 0 Å². The summed E-state index contributed by atoms with van der Waals surface area (Å²) in [4.78, 5) is 27.1. The molecule has 0 spiro atoms. The number of carbonyl (C=O) groups excluding carboxylic acids is 2. The molecule has 0 radical (unpaired) electrons. The van der Waals surface area contributed by atoms with Crippen molar-refractivity contribution in [3.8, 4) is 5.75 Å². The van der Waals surface area contributed by atoms with Crippen LogP contribution < -0.4 is 10.1 Å². The van der Waals surface area contributed by atoms with Gasteiger partial charge >= 0.3 is 6.09 Å². The van der Waals surface area contributed by atoms with Gasteiger partial charge in [-0.05, 0) is 62.8 Å². The number of nitrogens with zero attached hydrogens (tertiary/aromatic N) is 1. The van der Waals surface area contributed by atoms with E-state index in [-0.39, 0.29) is 5.91 Å². The second kappa shape index (κ2) is 9.90. The quantitative estimate of drug-likeness (QED) is 0.636. The Morgan fingerprint density at radius 3 is 2.57 bits per heavy atom. The van der Waals surface area contributed by atoms with E-state index in [1.807, 2.05) is 69.9 Å². The summed E-state index contributed by atoms with van der Waals surface area (Å²) < 4.78 is 16.9. The first-order valence-corrected chi connectivity index (χ1v) is 12.3. The van der Waals surface area contributed by atoms with Crippen molar-refractivity contribution in [1.82, 2.24) is 10.2 Å². The number of nitrogens with one attached hydrogen (secondary N) is 1. The van der Waals surface area contributed by atoms with Gasteiger partial charge in [-0.1, -0.05) is 30.3 Å². The molecule has 1 N–H and O–H groups in total. The van der Waals surface area contributed by atoms with Gasteiger partial charge in [-0.3, -0.25) is 4.79 Å². The molecule has 0 saturated carbocycles. The number of amides is 2. The molecule has 7 nitrogen and oxygen atoms in total. The number of piperidine rings is 1. The lowest BCUT2D eigenvalue weighted by Crippen LogP contribution is -2.38. The predicted octanol–water partition coefficient (Wildman–Crippen LogP) is 5.38. The second-order valence-corrected chi connectivity index (χ2v) is 10.8. The summed E-state index contributed by atoms with van der Waals surface area (Å²) in [7, 11) is 0. The Labute approximate surface area is 207 Å². The van der Waals surface area contributed by atoms with E-state index in [9.17, 15) is 9.59 Å². The highest BCUT2D eigenvalue weighted by Gasteiger charge is 2.29. The van der Waals surface area contributed by atoms with E-state index in [1.165, 1.54) is 5.56 Å². The third kappa shape index (κ3) is 6.54. The van der Waals surface area contributed by atoms with E-state index in [0.717, 1.165) is 29.7 Å². The summed E-state index contributed by atoms with van der Waals surface area (Å²) >= 11 is 0. The lowest BCUT2D eigenvalue weighted by atomic mass is 9.88. The number of hydrogen-bond donors (Lipinski definition) is 1. The van der Waals surface area contributed by atoms with Crippen molar-refractivity contribution < 1.29 is 23.8 Å². The molecule has 0 atom stereocenters. The number of likely N-dealkylation sites (tertiary alicyclic amines) is 1. The summed E-state index contributed by atoms with van der Waals surface area (Å²) in [6.45, 7) is 11.6. The molecule has 2 aromatic rings. The van der Waals surface area contributed by atoms with E-state index in [0.29, 0.717) is 37.7 Å². The van der Waals surface area contributed by atoms with Crippen LogP contribution in [-0.4, -0.2) is 41.4 Å². The van der Waals surface area contributed by atoms with Crippen LogP contribution in [0.5, 0.6) is 5.75 Å². The Hall–Kier alpha value is -3.06. The van der Waals surface area contributed by atoms with E-state index < -0.39 is 17.5 Å². The molecule has 2 heterocycles. The maximum Gasteiger partial charge on any atom is 0.407 e. The van der Waals surface area contributed by atoms with Crippen molar-refractivity contribution in [1.29, 1.82) is 0 Å². The molecule has 2 aliphatic rings. The van der Waals surface area contributed by atoms with Gasteiger partial charge in [-0.25, -0.2) is 4.79 Å². The maximum atomic E-state index is 13.2. The molecular weight excluding hydrogens is 444 g/mol. The van der Waals surface area contributed by atoms with Crippen LogP contribution in [0.25, 0.3) is 0 Å². The molecule has 2 aromatic carbocycles. The highest BCUT2D eigenvalue weighted by Crippen LogP contribution is 2.33. The van der Waals surface area contributed by atoms with Crippen molar-refractivity contribution in [2.24, 2.45) is 0 Å². The van der Waals surface area contributed by atoms with Gasteiger partial charge < -0.3 is 24.4 Å². The zero-order chi connectivity index (χ0) is 25.2. The lowest BCUT2D eigenvalue weighted by molar-refractivity contribution is -0.180. The summed E-state index contributed by atoms with van der Waals surface area (Å²) in [5, 5.41) is 2.82. The first-order valence-electron chi connectivity index (χ1n) is 12.3. The molecular formula is C28H36N2O5. The number of carbonyl (C=O) groups is 2. The van der Waals surface area contributed by atoms with Crippen LogP contribution in [0, 0.1) is 0 Å². The molecule has 1 saturated heterocycles. The average molecular weight is 481 g/mol. The lowest BCUT2D eigenvalue weighted by Gasteiger charge is -2.34. The zero-order valence-electron chi connectivity index (χ0n) is 21.3. The van der Waals surface area contributed by atoms with Crippen molar-refractivity contribution in [2.75, 3.05) is 13.1 Å². The van der Waals surface area contributed by atoms with Crippen LogP contribution in [0.4, 0.5) is 4.79 Å². The molecule has 0 unspecified atom stereocenters. The van der Waals surface area contributed by atoms with Gasteiger partial charge in [0.2, 0.25) is 5.79 Å². The van der Waals surface area contributed by atoms with Crippen molar-refractivity contribution in [3.05, 3.63) is 64.7 Å². The molecule has 0 aromatic heterocycles. The predicted molar refractivity (Wildman–Crippen MR) is 133 cm³/mol. The molecule has 35 heavy (non-hydrogen) atoms. The largest absolute Gasteiger partial charge is 0.463 e.